The number of benzene rings is 1. The van der Waals surface area contributed by atoms with E-state index in [1.54, 1.807) is 42.6 Å². The minimum Gasteiger partial charge on any atom is -0.326 e. The lowest BCUT2D eigenvalue weighted by Gasteiger charge is -2.16. The van der Waals surface area contributed by atoms with Gasteiger partial charge in [0.2, 0.25) is 0 Å². The van der Waals surface area contributed by atoms with Gasteiger partial charge in [-0.25, -0.2) is 4.39 Å². The first-order chi connectivity index (χ1) is 11.1. The molecule has 0 saturated carbocycles. The van der Waals surface area contributed by atoms with E-state index in [2.05, 4.69) is 10.3 Å². The molecular formula is C17H14FN3O2. The zero-order valence-electron chi connectivity index (χ0n) is 12.2. The van der Waals surface area contributed by atoms with Gasteiger partial charge in [-0.05, 0) is 23.8 Å². The Balaban J connectivity index is 1.65. The number of halogens is 1. The lowest BCUT2D eigenvalue weighted by atomic mass is 10.1. The van der Waals surface area contributed by atoms with Crippen molar-refractivity contribution < 1.29 is 14.0 Å². The standard InChI is InChI=1S/C17H14FN3O2/c18-15-6-2-1-5-14(15)12-7-9-21(11-12)17(23)16(22)20-13-4-3-8-19-10-13/h1-8,10H,9,11H2,(H,20,22). The van der Waals surface area contributed by atoms with Crippen molar-refractivity contribution in [2.75, 3.05) is 18.4 Å². The fourth-order valence-corrected chi connectivity index (χ4v) is 2.39. The van der Waals surface area contributed by atoms with Gasteiger partial charge in [-0.2, -0.15) is 0 Å². The number of carbonyl (C=O) groups is 2. The molecule has 0 aliphatic carbocycles. The van der Waals surface area contributed by atoms with Crippen molar-refractivity contribution in [2.24, 2.45) is 0 Å². The van der Waals surface area contributed by atoms with Crippen LogP contribution in [0.4, 0.5) is 10.1 Å². The SMILES string of the molecule is O=C(Nc1cccnc1)C(=O)N1CC=C(c2ccccc2F)C1. The van der Waals surface area contributed by atoms with E-state index in [0.29, 0.717) is 16.8 Å². The summed E-state index contributed by atoms with van der Waals surface area (Å²) in [6.07, 6.45) is 4.79. The Morgan fingerprint density at radius 2 is 2.00 bits per heavy atom. The van der Waals surface area contributed by atoms with Crippen LogP contribution in [0.2, 0.25) is 0 Å². The average Bonchev–Trinajstić information content (AvgIpc) is 3.05. The summed E-state index contributed by atoms with van der Waals surface area (Å²) in [5, 5.41) is 2.49. The summed E-state index contributed by atoms with van der Waals surface area (Å²) in [7, 11) is 0. The number of carbonyl (C=O) groups excluding carboxylic acids is 2. The third kappa shape index (κ3) is 3.26. The fourth-order valence-electron chi connectivity index (χ4n) is 2.39. The third-order valence-corrected chi connectivity index (χ3v) is 3.54. The number of hydrogen-bond donors (Lipinski definition) is 1. The van der Waals surface area contributed by atoms with Gasteiger partial charge >= 0.3 is 11.8 Å². The number of nitrogens with zero attached hydrogens (tertiary/aromatic N) is 2. The molecule has 0 spiro atoms. The summed E-state index contributed by atoms with van der Waals surface area (Å²) >= 11 is 0. The van der Waals surface area contributed by atoms with Crippen LogP contribution in [0.15, 0.2) is 54.9 Å². The quantitative estimate of drug-likeness (QED) is 0.864. The van der Waals surface area contributed by atoms with Gasteiger partial charge < -0.3 is 10.2 Å². The molecule has 1 aromatic heterocycles. The molecule has 1 aliphatic rings. The molecule has 0 fully saturated rings. The predicted octanol–water partition coefficient (Wildman–Crippen LogP) is 2.08. The van der Waals surface area contributed by atoms with Crippen LogP contribution in [-0.4, -0.2) is 34.8 Å². The van der Waals surface area contributed by atoms with Crippen molar-refractivity contribution in [2.45, 2.75) is 0 Å². The molecule has 2 amide bonds. The molecule has 23 heavy (non-hydrogen) atoms. The second-order valence-corrected chi connectivity index (χ2v) is 5.09. The van der Waals surface area contributed by atoms with Gasteiger partial charge in [0.05, 0.1) is 11.9 Å². The van der Waals surface area contributed by atoms with Gasteiger partial charge in [0.25, 0.3) is 0 Å². The van der Waals surface area contributed by atoms with Crippen molar-refractivity contribution >= 4 is 23.1 Å². The first-order valence-corrected chi connectivity index (χ1v) is 7.09. The van der Waals surface area contributed by atoms with Gasteiger partial charge in [-0.1, -0.05) is 24.3 Å². The predicted molar refractivity (Wildman–Crippen MR) is 83.8 cm³/mol. The number of pyridine rings is 1. The van der Waals surface area contributed by atoms with E-state index in [1.165, 1.54) is 17.2 Å². The molecule has 5 nitrogen and oxygen atoms in total. The Kier molecular flexibility index (Phi) is 4.14. The van der Waals surface area contributed by atoms with Crippen molar-refractivity contribution in [3.63, 3.8) is 0 Å². The average molecular weight is 311 g/mol. The maximum atomic E-state index is 13.8. The van der Waals surface area contributed by atoms with E-state index in [0.717, 1.165) is 0 Å². The smallest absolute Gasteiger partial charge is 0.313 e. The van der Waals surface area contributed by atoms with Crippen LogP contribution in [0.25, 0.3) is 5.57 Å². The van der Waals surface area contributed by atoms with Crippen molar-refractivity contribution in [1.82, 2.24) is 9.88 Å². The molecule has 1 aliphatic heterocycles. The molecular weight excluding hydrogens is 297 g/mol. The molecule has 1 N–H and O–H groups in total. The Hall–Kier alpha value is -3.02. The van der Waals surface area contributed by atoms with Crippen LogP contribution in [-0.2, 0) is 9.59 Å². The summed E-state index contributed by atoms with van der Waals surface area (Å²) in [5.74, 6) is -1.73. The Labute approximate surface area is 132 Å². The number of nitrogens with one attached hydrogen (secondary N) is 1. The normalized spacial score (nSPS) is 13.6. The highest BCUT2D eigenvalue weighted by Crippen LogP contribution is 2.23. The van der Waals surface area contributed by atoms with Crippen molar-refractivity contribution in [3.8, 4) is 0 Å². The third-order valence-electron chi connectivity index (χ3n) is 3.54. The number of hydrogen-bond acceptors (Lipinski definition) is 3. The van der Waals surface area contributed by atoms with Gasteiger partial charge in [0.15, 0.2) is 0 Å². The second-order valence-electron chi connectivity index (χ2n) is 5.09. The lowest BCUT2D eigenvalue weighted by Crippen LogP contribution is -2.38. The van der Waals surface area contributed by atoms with Crippen LogP contribution in [0.5, 0.6) is 0 Å². The lowest BCUT2D eigenvalue weighted by molar-refractivity contribution is -0.142. The summed E-state index contributed by atoms with van der Waals surface area (Å²) in [6.45, 7) is 0.489. The largest absolute Gasteiger partial charge is 0.326 e. The number of aromatic nitrogens is 1. The topological polar surface area (TPSA) is 62.3 Å². The summed E-state index contributed by atoms with van der Waals surface area (Å²) in [6, 6.07) is 9.68. The van der Waals surface area contributed by atoms with Gasteiger partial charge in [-0.3, -0.25) is 14.6 Å². The monoisotopic (exact) mass is 311 g/mol. The summed E-state index contributed by atoms with van der Waals surface area (Å²) in [4.78, 5) is 29.4. The number of rotatable bonds is 2. The van der Waals surface area contributed by atoms with Crippen LogP contribution >= 0.6 is 0 Å². The first kappa shape index (κ1) is 14.9. The fraction of sp³-hybridized carbons (Fsp3) is 0.118. The second kappa shape index (κ2) is 6.39. The van der Waals surface area contributed by atoms with E-state index in [4.69, 9.17) is 0 Å². The van der Waals surface area contributed by atoms with Crippen LogP contribution < -0.4 is 5.32 Å². The number of amides is 2. The maximum Gasteiger partial charge on any atom is 0.313 e. The molecule has 3 rings (SSSR count). The summed E-state index contributed by atoms with van der Waals surface area (Å²) < 4.78 is 13.8. The Bertz CT molecular complexity index is 774. The number of anilines is 1. The Morgan fingerprint density at radius 1 is 1.17 bits per heavy atom. The van der Waals surface area contributed by atoms with Crippen LogP contribution in [0.3, 0.4) is 0 Å². The van der Waals surface area contributed by atoms with E-state index >= 15 is 0 Å². The minimum absolute atomic E-state index is 0.209. The maximum absolute atomic E-state index is 13.8. The molecule has 0 unspecified atom stereocenters. The highest BCUT2D eigenvalue weighted by Gasteiger charge is 2.26. The molecule has 0 atom stereocenters. The van der Waals surface area contributed by atoms with Gasteiger partial charge in [0, 0.05) is 24.8 Å². The minimum atomic E-state index is -0.735. The zero-order valence-corrected chi connectivity index (χ0v) is 12.2. The van der Waals surface area contributed by atoms with E-state index in [1.807, 2.05) is 0 Å². The van der Waals surface area contributed by atoms with E-state index < -0.39 is 11.8 Å². The van der Waals surface area contributed by atoms with Crippen molar-refractivity contribution in [1.29, 1.82) is 0 Å². The van der Waals surface area contributed by atoms with Crippen LogP contribution in [0.1, 0.15) is 5.56 Å². The van der Waals surface area contributed by atoms with Crippen molar-refractivity contribution in [3.05, 3.63) is 66.2 Å². The molecule has 0 radical (unpaired) electrons. The highest BCUT2D eigenvalue weighted by molar-refractivity contribution is 6.39. The molecule has 0 bridgehead atoms. The molecule has 1 aromatic carbocycles. The van der Waals surface area contributed by atoms with Gasteiger partial charge in [0.1, 0.15) is 5.82 Å². The van der Waals surface area contributed by atoms with E-state index in [9.17, 15) is 14.0 Å². The molecule has 6 heteroatoms. The summed E-state index contributed by atoms with van der Waals surface area (Å²) in [5.41, 5.74) is 1.61. The van der Waals surface area contributed by atoms with Crippen LogP contribution in [0, 0.1) is 5.82 Å². The molecule has 2 aromatic rings. The molecule has 0 saturated heterocycles. The molecule has 116 valence electrons. The van der Waals surface area contributed by atoms with E-state index in [-0.39, 0.29) is 18.9 Å². The molecule has 2 heterocycles. The zero-order chi connectivity index (χ0) is 16.2. The van der Waals surface area contributed by atoms with Gasteiger partial charge in [-0.15, -0.1) is 0 Å². The Morgan fingerprint density at radius 3 is 2.74 bits per heavy atom. The highest BCUT2D eigenvalue weighted by atomic mass is 19.1. The first-order valence-electron chi connectivity index (χ1n) is 7.09.